The first-order valence-electron chi connectivity index (χ1n) is 6.07. The van der Waals surface area contributed by atoms with Gasteiger partial charge < -0.3 is 15.8 Å². The number of carbonyl (C=O) groups excluding carboxylic acids is 2. The molecule has 3 N–H and O–H groups in total. The van der Waals surface area contributed by atoms with Crippen LogP contribution in [0.1, 0.15) is 29.3 Å². The average molecular weight is 260 g/mol. The molecular weight excluding hydrogens is 244 g/mol. The van der Waals surface area contributed by atoms with Crippen LogP contribution in [0.2, 0.25) is 0 Å². The second-order valence-electron chi connectivity index (χ2n) is 4.34. The first kappa shape index (κ1) is 13.3. The van der Waals surface area contributed by atoms with E-state index in [1.54, 1.807) is 31.4 Å². The highest BCUT2D eigenvalue weighted by Gasteiger charge is 2.25. The van der Waals surface area contributed by atoms with Gasteiger partial charge in [-0.25, -0.2) is 0 Å². The molecule has 1 unspecified atom stereocenters. The standard InChI is InChI=1S/C14H16N2O3/c1-3-9(19-2)7-11-10-5-4-8(13(15)17)6-12(10)16-14(11)18/h4-7,9H,3H2,1-2H3,(H2,15,17)(H,16,18). The Morgan fingerprint density at radius 3 is 2.84 bits per heavy atom. The minimum Gasteiger partial charge on any atom is -0.377 e. The van der Waals surface area contributed by atoms with Crippen LogP contribution in [0.3, 0.4) is 0 Å². The van der Waals surface area contributed by atoms with Crippen molar-refractivity contribution in [1.29, 1.82) is 0 Å². The van der Waals surface area contributed by atoms with Crippen molar-refractivity contribution < 1.29 is 14.3 Å². The zero-order valence-electron chi connectivity index (χ0n) is 10.9. The maximum absolute atomic E-state index is 11.9. The van der Waals surface area contributed by atoms with Crippen molar-refractivity contribution >= 4 is 23.1 Å². The van der Waals surface area contributed by atoms with Crippen LogP contribution in [0.5, 0.6) is 0 Å². The number of fused-ring (bicyclic) bond motifs is 1. The molecule has 0 aliphatic carbocycles. The summed E-state index contributed by atoms with van der Waals surface area (Å²) in [4.78, 5) is 23.0. The van der Waals surface area contributed by atoms with Gasteiger partial charge in [0, 0.05) is 29.5 Å². The number of rotatable bonds is 4. The van der Waals surface area contributed by atoms with Crippen LogP contribution in [0.15, 0.2) is 24.3 Å². The van der Waals surface area contributed by atoms with E-state index in [4.69, 9.17) is 10.5 Å². The summed E-state index contributed by atoms with van der Waals surface area (Å²) in [6.07, 6.45) is 2.47. The van der Waals surface area contributed by atoms with E-state index in [9.17, 15) is 9.59 Å². The summed E-state index contributed by atoms with van der Waals surface area (Å²) in [5.41, 5.74) is 7.54. The van der Waals surface area contributed by atoms with Gasteiger partial charge in [-0.05, 0) is 24.6 Å². The van der Waals surface area contributed by atoms with Gasteiger partial charge in [0.15, 0.2) is 0 Å². The summed E-state index contributed by atoms with van der Waals surface area (Å²) in [5.74, 6) is -0.704. The lowest BCUT2D eigenvalue weighted by Gasteiger charge is -2.08. The fraction of sp³-hybridized carbons (Fsp3) is 0.286. The quantitative estimate of drug-likeness (QED) is 0.806. The van der Waals surface area contributed by atoms with Crippen LogP contribution < -0.4 is 11.1 Å². The highest BCUT2D eigenvalue weighted by molar-refractivity contribution is 6.31. The number of anilines is 1. The van der Waals surface area contributed by atoms with Gasteiger partial charge in [0.1, 0.15) is 0 Å². The van der Waals surface area contributed by atoms with Crippen molar-refractivity contribution in [3.8, 4) is 0 Å². The van der Waals surface area contributed by atoms with Crippen LogP contribution >= 0.6 is 0 Å². The van der Waals surface area contributed by atoms with Crippen molar-refractivity contribution in [3.05, 3.63) is 35.4 Å². The summed E-state index contributed by atoms with van der Waals surface area (Å²) in [6.45, 7) is 1.98. The maximum Gasteiger partial charge on any atom is 0.256 e. The monoisotopic (exact) mass is 260 g/mol. The zero-order chi connectivity index (χ0) is 14.0. The molecule has 19 heavy (non-hydrogen) atoms. The SMILES string of the molecule is CCC(C=C1C(=O)Nc2cc(C(N)=O)ccc21)OC. The van der Waals surface area contributed by atoms with E-state index in [-0.39, 0.29) is 12.0 Å². The van der Waals surface area contributed by atoms with Crippen LogP contribution in [0.4, 0.5) is 5.69 Å². The van der Waals surface area contributed by atoms with Gasteiger partial charge in [-0.2, -0.15) is 0 Å². The number of methoxy groups -OCH3 is 1. The molecule has 2 amide bonds. The summed E-state index contributed by atoms with van der Waals surface area (Å²) < 4.78 is 5.26. The van der Waals surface area contributed by atoms with Crippen LogP contribution in [0, 0.1) is 0 Å². The third kappa shape index (κ3) is 2.51. The molecule has 1 aliphatic rings. The molecule has 1 atom stereocenters. The zero-order valence-corrected chi connectivity index (χ0v) is 10.9. The second-order valence-corrected chi connectivity index (χ2v) is 4.34. The molecule has 0 bridgehead atoms. The molecular formula is C14H16N2O3. The Morgan fingerprint density at radius 1 is 1.53 bits per heavy atom. The fourth-order valence-corrected chi connectivity index (χ4v) is 2.05. The number of amides is 2. The van der Waals surface area contributed by atoms with E-state index in [2.05, 4.69) is 5.32 Å². The molecule has 1 aromatic rings. The third-order valence-electron chi connectivity index (χ3n) is 3.14. The van der Waals surface area contributed by atoms with Crippen LogP contribution in [0.25, 0.3) is 5.57 Å². The fourth-order valence-electron chi connectivity index (χ4n) is 2.05. The number of nitrogens with two attached hydrogens (primary N) is 1. The van der Waals surface area contributed by atoms with Gasteiger partial charge in [-0.15, -0.1) is 0 Å². The molecule has 0 saturated heterocycles. The highest BCUT2D eigenvalue weighted by Crippen LogP contribution is 2.33. The lowest BCUT2D eigenvalue weighted by molar-refractivity contribution is -0.110. The lowest BCUT2D eigenvalue weighted by Crippen LogP contribution is -2.11. The molecule has 0 radical (unpaired) electrons. The first-order valence-corrected chi connectivity index (χ1v) is 6.07. The molecule has 0 spiro atoms. The minimum absolute atomic E-state index is 0.109. The maximum atomic E-state index is 11.9. The number of hydrogen-bond donors (Lipinski definition) is 2. The minimum atomic E-state index is -0.516. The summed E-state index contributed by atoms with van der Waals surface area (Å²) >= 11 is 0. The number of hydrogen-bond acceptors (Lipinski definition) is 3. The van der Waals surface area contributed by atoms with E-state index in [1.807, 2.05) is 6.92 Å². The van der Waals surface area contributed by atoms with E-state index in [0.29, 0.717) is 16.8 Å². The van der Waals surface area contributed by atoms with Crippen molar-refractivity contribution in [1.82, 2.24) is 0 Å². The Bertz CT molecular complexity index is 560. The molecule has 0 saturated carbocycles. The Balaban J connectivity index is 2.42. The molecule has 100 valence electrons. The van der Waals surface area contributed by atoms with Crippen molar-refractivity contribution in [2.75, 3.05) is 12.4 Å². The number of carbonyl (C=O) groups is 2. The van der Waals surface area contributed by atoms with Gasteiger partial charge in [-0.3, -0.25) is 9.59 Å². The smallest absolute Gasteiger partial charge is 0.256 e. The van der Waals surface area contributed by atoms with Crippen molar-refractivity contribution in [2.24, 2.45) is 5.73 Å². The van der Waals surface area contributed by atoms with E-state index in [1.165, 1.54) is 0 Å². The van der Waals surface area contributed by atoms with Crippen molar-refractivity contribution in [3.63, 3.8) is 0 Å². The number of nitrogens with one attached hydrogen (secondary N) is 1. The lowest BCUT2D eigenvalue weighted by atomic mass is 10.0. The van der Waals surface area contributed by atoms with Crippen LogP contribution in [-0.2, 0) is 9.53 Å². The Labute approximate surface area is 111 Å². The van der Waals surface area contributed by atoms with E-state index < -0.39 is 5.91 Å². The normalized spacial score (nSPS) is 17.2. The Hall–Kier alpha value is -2.14. The third-order valence-corrected chi connectivity index (χ3v) is 3.14. The average Bonchev–Trinajstić information content (AvgIpc) is 2.70. The Morgan fingerprint density at radius 2 is 2.26 bits per heavy atom. The van der Waals surface area contributed by atoms with Gasteiger partial charge in [0.25, 0.3) is 5.91 Å². The van der Waals surface area contributed by atoms with E-state index >= 15 is 0 Å². The molecule has 0 fully saturated rings. The molecule has 5 nitrogen and oxygen atoms in total. The van der Waals surface area contributed by atoms with Gasteiger partial charge in [0.2, 0.25) is 5.91 Å². The second kappa shape index (κ2) is 5.24. The molecule has 1 aliphatic heterocycles. The molecule has 1 heterocycles. The highest BCUT2D eigenvalue weighted by atomic mass is 16.5. The summed E-state index contributed by atoms with van der Waals surface area (Å²) in [5, 5.41) is 2.73. The largest absolute Gasteiger partial charge is 0.377 e. The van der Waals surface area contributed by atoms with Crippen LogP contribution in [-0.4, -0.2) is 25.0 Å². The Kier molecular flexibility index (Phi) is 3.66. The van der Waals surface area contributed by atoms with Gasteiger partial charge >= 0.3 is 0 Å². The van der Waals surface area contributed by atoms with Gasteiger partial charge in [-0.1, -0.05) is 13.0 Å². The van der Waals surface area contributed by atoms with E-state index in [0.717, 1.165) is 12.0 Å². The molecule has 5 heteroatoms. The molecule has 2 rings (SSSR count). The summed E-state index contributed by atoms with van der Waals surface area (Å²) in [6, 6.07) is 4.93. The summed E-state index contributed by atoms with van der Waals surface area (Å²) in [7, 11) is 1.61. The molecule has 1 aromatic carbocycles. The first-order chi connectivity index (χ1) is 9.06. The van der Waals surface area contributed by atoms with Crippen molar-refractivity contribution in [2.45, 2.75) is 19.4 Å². The topological polar surface area (TPSA) is 81.4 Å². The number of ether oxygens (including phenoxy) is 1. The predicted octanol–water partition coefficient (Wildman–Crippen LogP) is 1.55. The predicted molar refractivity (Wildman–Crippen MR) is 72.7 cm³/mol. The molecule has 0 aromatic heterocycles. The number of primary amides is 1. The number of benzene rings is 1. The van der Waals surface area contributed by atoms with Gasteiger partial charge in [0.05, 0.1) is 6.10 Å².